The summed E-state index contributed by atoms with van der Waals surface area (Å²) < 4.78 is 0. The number of carbonyl (C=O) groups excluding carboxylic acids is 1. The summed E-state index contributed by atoms with van der Waals surface area (Å²) in [6, 6.07) is 0. The van der Waals surface area contributed by atoms with Crippen LogP contribution in [-0.4, -0.2) is 11.4 Å². The van der Waals surface area contributed by atoms with Crippen LogP contribution in [0.15, 0.2) is 0 Å². The first-order valence-corrected chi connectivity index (χ1v) is 7.03. The zero-order valence-corrected chi connectivity index (χ0v) is 11.6. The van der Waals surface area contributed by atoms with Crippen LogP contribution in [-0.2, 0) is 4.79 Å². The molecule has 0 aliphatic heterocycles. The minimum atomic E-state index is 0.0434. The van der Waals surface area contributed by atoms with Crippen molar-refractivity contribution in [2.24, 2.45) is 22.7 Å². The number of nitrogens with one attached hydrogen (secondary N) is 1. The SMILES string of the molecule is CC(=O)NC1(C)CC2CC3(C)CC(C)(CC23)C1. The van der Waals surface area contributed by atoms with E-state index in [1.54, 1.807) is 6.92 Å². The van der Waals surface area contributed by atoms with Gasteiger partial charge in [0.15, 0.2) is 0 Å². The van der Waals surface area contributed by atoms with Crippen molar-refractivity contribution in [2.45, 2.75) is 65.3 Å². The smallest absolute Gasteiger partial charge is 0.217 e. The summed E-state index contributed by atoms with van der Waals surface area (Å²) in [6.07, 6.45) is 6.52. The van der Waals surface area contributed by atoms with E-state index in [1.165, 1.54) is 32.1 Å². The Labute approximate surface area is 105 Å². The summed E-state index contributed by atoms with van der Waals surface area (Å²) in [5.74, 6) is 1.93. The highest BCUT2D eigenvalue weighted by molar-refractivity contribution is 5.73. The third-order valence-corrected chi connectivity index (χ3v) is 5.74. The van der Waals surface area contributed by atoms with Crippen molar-refractivity contribution in [3.05, 3.63) is 0 Å². The van der Waals surface area contributed by atoms with E-state index in [4.69, 9.17) is 0 Å². The largest absolute Gasteiger partial charge is 0.351 e. The number of hydrogen-bond acceptors (Lipinski definition) is 1. The van der Waals surface area contributed by atoms with Crippen LogP contribution in [0.4, 0.5) is 0 Å². The first-order chi connectivity index (χ1) is 7.74. The molecular weight excluding hydrogens is 210 g/mol. The molecule has 0 aromatic rings. The van der Waals surface area contributed by atoms with Crippen LogP contribution in [0.25, 0.3) is 0 Å². The van der Waals surface area contributed by atoms with Crippen molar-refractivity contribution in [3.8, 4) is 0 Å². The molecule has 3 rings (SSSR count). The van der Waals surface area contributed by atoms with Crippen LogP contribution in [0.2, 0.25) is 0 Å². The minimum absolute atomic E-state index is 0.0434. The Hall–Kier alpha value is -0.530. The van der Waals surface area contributed by atoms with Crippen molar-refractivity contribution in [1.29, 1.82) is 0 Å². The third kappa shape index (κ3) is 1.63. The van der Waals surface area contributed by atoms with E-state index in [0.29, 0.717) is 10.8 Å². The van der Waals surface area contributed by atoms with E-state index in [0.717, 1.165) is 11.8 Å². The van der Waals surface area contributed by atoms with E-state index in [9.17, 15) is 4.79 Å². The van der Waals surface area contributed by atoms with Gasteiger partial charge in [0.25, 0.3) is 0 Å². The van der Waals surface area contributed by atoms with Gasteiger partial charge in [0.2, 0.25) is 5.91 Å². The second-order valence-electron chi connectivity index (χ2n) is 8.04. The summed E-state index contributed by atoms with van der Waals surface area (Å²) in [5.41, 5.74) is 1.14. The number of rotatable bonds is 1. The fourth-order valence-corrected chi connectivity index (χ4v) is 5.96. The molecule has 2 nitrogen and oxygen atoms in total. The molecule has 2 bridgehead atoms. The second-order valence-corrected chi connectivity index (χ2v) is 8.04. The van der Waals surface area contributed by atoms with Crippen molar-refractivity contribution in [3.63, 3.8) is 0 Å². The fourth-order valence-electron chi connectivity index (χ4n) is 5.96. The normalized spacial score (nSPS) is 56.0. The van der Waals surface area contributed by atoms with E-state index in [1.807, 2.05) is 0 Å². The van der Waals surface area contributed by atoms with Crippen LogP contribution in [0.3, 0.4) is 0 Å². The standard InChI is InChI=1S/C15H25NO/c1-10(17)16-15(4)6-11-5-14(3)8-13(2,9-15)7-12(11)14/h11-12H,5-9H2,1-4H3,(H,16,17). The number of fused-ring (bicyclic) bond motifs is 1. The maximum Gasteiger partial charge on any atom is 0.217 e. The Balaban J connectivity index is 1.88. The Kier molecular flexibility index (Phi) is 2.09. The summed E-state index contributed by atoms with van der Waals surface area (Å²) in [5, 5.41) is 3.24. The van der Waals surface area contributed by atoms with Gasteiger partial charge in [-0.05, 0) is 61.7 Å². The Morgan fingerprint density at radius 3 is 2.47 bits per heavy atom. The second kappa shape index (κ2) is 3.07. The molecule has 0 heterocycles. The van der Waals surface area contributed by atoms with Crippen LogP contribution in [0, 0.1) is 22.7 Å². The lowest BCUT2D eigenvalue weighted by atomic mass is 9.53. The molecule has 2 heteroatoms. The lowest BCUT2D eigenvalue weighted by Gasteiger charge is -2.53. The highest BCUT2D eigenvalue weighted by Crippen LogP contribution is 2.71. The zero-order valence-electron chi connectivity index (χ0n) is 11.6. The topological polar surface area (TPSA) is 29.1 Å². The van der Waals surface area contributed by atoms with Crippen LogP contribution in [0.5, 0.6) is 0 Å². The van der Waals surface area contributed by atoms with Gasteiger partial charge in [0, 0.05) is 12.5 Å². The molecule has 0 aromatic carbocycles. The molecule has 17 heavy (non-hydrogen) atoms. The Bertz CT molecular complexity index is 379. The van der Waals surface area contributed by atoms with Gasteiger partial charge in [-0.2, -0.15) is 0 Å². The van der Waals surface area contributed by atoms with Gasteiger partial charge in [-0.15, -0.1) is 0 Å². The number of amides is 1. The zero-order chi connectivity index (χ0) is 12.5. The Morgan fingerprint density at radius 2 is 1.82 bits per heavy atom. The lowest BCUT2D eigenvalue weighted by Crippen LogP contribution is -2.53. The maximum atomic E-state index is 11.4. The molecule has 5 unspecified atom stereocenters. The molecule has 0 radical (unpaired) electrons. The van der Waals surface area contributed by atoms with Gasteiger partial charge in [-0.25, -0.2) is 0 Å². The number of hydrogen-bond donors (Lipinski definition) is 1. The monoisotopic (exact) mass is 235 g/mol. The van der Waals surface area contributed by atoms with Gasteiger partial charge >= 0.3 is 0 Å². The quantitative estimate of drug-likeness (QED) is 0.743. The lowest BCUT2D eigenvalue weighted by molar-refractivity contribution is -0.122. The van der Waals surface area contributed by atoms with E-state index >= 15 is 0 Å². The molecule has 0 aromatic heterocycles. The van der Waals surface area contributed by atoms with Gasteiger partial charge in [-0.3, -0.25) is 4.79 Å². The van der Waals surface area contributed by atoms with Gasteiger partial charge < -0.3 is 5.32 Å². The molecule has 3 aliphatic rings. The van der Waals surface area contributed by atoms with Crippen LogP contribution < -0.4 is 5.32 Å². The first-order valence-electron chi connectivity index (χ1n) is 7.03. The summed E-state index contributed by atoms with van der Waals surface area (Å²) in [7, 11) is 0. The molecular formula is C15H25NO. The number of carbonyl (C=O) groups is 1. The highest BCUT2D eigenvalue weighted by atomic mass is 16.1. The summed E-state index contributed by atoms with van der Waals surface area (Å²) >= 11 is 0. The van der Waals surface area contributed by atoms with E-state index in [-0.39, 0.29) is 11.4 Å². The van der Waals surface area contributed by atoms with Crippen molar-refractivity contribution >= 4 is 5.91 Å². The molecule has 96 valence electrons. The molecule has 1 amide bonds. The predicted molar refractivity (Wildman–Crippen MR) is 68.5 cm³/mol. The average Bonchev–Trinajstić information content (AvgIpc) is 2.22. The van der Waals surface area contributed by atoms with E-state index in [2.05, 4.69) is 26.1 Å². The molecule has 3 aliphatic carbocycles. The first kappa shape index (κ1) is 11.6. The van der Waals surface area contributed by atoms with Gasteiger partial charge in [-0.1, -0.05) is 13.8 Å². The molecule has 5 atom stereocenters. The average molecular weight is 235 g/mol. The third-order valence-electron chi connectivity index (χ3n) is 5.74. The molecule has 0 saturated heterocycles. The maximum absolute atomic E-state index is 11.4. The van der Waals surface area contributed by atoms with Gasteiger partial charge in [0.05, 0.1) is 0 Å². The molecule has 0 spiro atoms. The highest BCUT2D eigenvalue weighted by Gasteiger charge is 2.63. The fraction of sp³-hybridized carbons (Fsp3) is 0.933. The minimum Gasteiger partial charge on any atom is -0.351 e. The summed E-state index contributed by atoms with van der Waals surface area (Å²) in [6.45, 7) is 8.84. The molecule has 1 N–H and O–H groups in total. The molecule has 3 fully saturated rings. The van der Waals surface area contributed by atoms with Crippen molar-refractivity contribution in [1.82, 2.24) is 5.32 Å². The van der Waals surface area contributed by atoms with E-state index < -0.39 is 0 Å². The predicted octanol–water partition coefficient (Wildman–Crippen LogP) is 3.12. The van der Waals surface area contributed by atoms with Crippen LogP contribution in [0.1, 0.15) is 59.8 Å². The Morgan fingerprint density at radius 1 is 1.12 bits per heavy atom. The van der Waals surface area contributed by atoms with Crippen molar-refractivity contribution in [2.75, 3.05) is 0 Å². The summed E-state index contributed by atoms with van der Waals surface area (Å²) in [4.78, 5) is 11.4. The molecule has 3 saturated carbocycles. The van der Waals surface area contributed by atoms with Crippen LogP contribution >= 0.6 is 0 Å². The van der Waals surface area contributed by atoms with Crippen molar-refractivity contribution < 1.29 is 4.79 Å². The van der Waals surface area contributed by atoms with Gasteiger partial charge in [0.1, 0.15) is 0 Å².